The third-order valence-corrected chi connectivity index (χ3v) is 3.72. The number of nitrogens with zero attached hydrogens (tertiary/aromatic N) is 1. The summed E-state index contributed by atoms with van der Waals surface area (Å²) in [4.78, 5) is 13.8. The molecule has 84 valence electrons. The molecule has 3 nitrogen and oxygen atoms in total. The molecule has 1 N–H and O–H groups in total. The van der Waals surface area contributed by atoms with Gasteiger partial charge in [-0.15, -0.1) is 0 Å². The highest BCUT2D eigenvalue weighted by Gasteiger charge is 2.49. The van der Waals surface area contributed by atoms with Gasteiger partial charge in [-0.2, -0.15) is 0 Å². The van der Waals surface area contributed by atoms with Gasteiger partial charge >= 0.3 is 0 Å². The lowest BCUT2D eigenvalue weighted by atomic mass is 9.91. The van der Waals surface area contributed by atoms with Gasteiger partial charge in [-0.05, 0) is 24.5 Å². The summed E-state index contributed by atoms with van der Waals surface area (Å²) < 4.78 is 0. The molecule has 1 aromatic carbocycles. The van der Waals surface area contributed by atoms with E-state index in [0.29, 0.717) is 6.42 Å². The predicted octanol–water partition coefficient (Wildman–Crippen LogP) is 1.27. The van der Waals surface area contributed by atoms with Crippen molar-refractivity contribution in [3.05, 3.63) is 35.4 Å². The SMILES string of the molecule is C[C@]1(O)C[C@@H]2c3ccccc3CCN2C1=O. The Kier molecular flexibility index (Phi) is 1.89. The van der Waals surface area contributed by atoms with Crippen LogP contribution in [-0.2, 0) is 11.2 Å². The van der Waals surface area contributed by atoms with Crippen LogP contribution < -0.4 is 0 Å². The maximum atomic E-state index is 11.9. The van der Waals surface area contributed by atoms with Crippen molar-refractivity contribution in [3.8, 4) is 0 Å². The molecule has 2 aliphatic heterocycles. The topological polar surface area (TPSA) is 40.5 Å². The maximum Gasteiger partial charge on any atom is 0.254 e. The molecule has 1 amide bonds. The average molecular weight is 217 g/mol. The van der Waals surface area contributed by atoms with Gasteiger partial charge in [0.25, 0.3) is 5.91 Å². The van der Waals surface area contributed by atoms with Crippen LogP contribution in [0.4, 0.5) is 0 Å². The minimum Gasteiger partial charge on any atom is -0.380 e. The molecule has 0 aromatic heterocycles. The first kappa shape index (κ1) is 9.85. The smallest absolute Gasteiger partial charge is 0.254 e. The summed E-state index contributed by atoms with van der Waals surface area (Å²) in [6.07, 6.45) is 1.41. The third kappa shape index (κ3) is 1.21. The average Bonchev–Trinajstić information content (AvgIpc) is 2.51. The van der Waals surface area contributed by atoms with Crippen LogP contribution in [0.25, 0.3) is 0 Å². The Morgan fingerprint density at radius 3 is 3.00 bits per heavy atom. The van der Waals surface area contributed by atoms with Crippen LogP contribution in [0.3, 0.4) is 0 Å². The molecule has 0 saturated carbocycles. The first-order valence-corrected chi connectivity index (χ1v) is 5.71. The highest BCUT2D eigenvalue weighted by Crippen LogP contribution is 2.42. The van der Waals surface area contributed by atoms with Crippen molar-refractivity contribution in [1.29, 1.82) is 0 Å². The molecule has 3 heteroatoms. The van der Waals surface area contributed by atoms with Crippen molar-refractivity contribution < 1.29 is 9.90 Å². The number of benzene rings is 1. The van der Waals surface area contributed by atoms with Gasteiger partial charge < -0.3 is 10.0 Å². The van der Waals surface area contributed by atoms with Gasteiger partial charge in [-0.25, -0.2) is 0 Å². The Morgan fingerprint density at radius 1 is 1.44 bits per heavy atom. The summed E-state index contributed by atoms with van der Waals surface area (Å²) in [6, 6.07) is 8.29. The Hall–Kier alpha value is -1.35. The van der Waals surface area contributed by atoms with Crippen LogP contribution >= 0.6 is 0 Å². The van der Waals surface area contributed by atoms with Crippen molar-refractivity contribution in [2.75, 3.05) is 6.54 Å². The number of hydrogen-bond donors (Lipinski definition) is 1. The number of carbonyl (C=O) groups is 1. The number of aliphatic hydroxyl groups is 1. The molecule has 2 aliphatic rings. The summed E-state index contributed by atoms with van der Waals surface area (Å²) in [6.45, 7) is 2.35. The Labute approximate surface area is 94.7 Å². The quantitative estimate of drug-likeness (QED) is 0.711. The molecule has 0 radical (unpaired) electrons. The van der Waals surface area contributed by atoms with E-state index in [9.17, 15) is 9.90 Å². The molecular formula is C13H15NO2. The summed E-state index contributed by atoms with van der Waals surface area (Å²) in [5.41, 5.74) is 1.34. The van der Waals surface area contributed by atoms with Gasteiger partial charge in [-0.1, -0.05) is 24.3 Å². The van der Waals surface area contributed by atoms with Crippen LogP contribution in [-0.4, -0.2) is 28.1 Å². The highest BCUT2D eigenvalue weighted by atomic mass is 16.3. The third-order valence-electron chi connectivity index (χ3n) is 3.72. The van der Waals surface area contributed by atoms with Gasteiger partial charge in [0.15, 0.2) is 0 Å². The monoisotopic (exact) mass is 217 g/mol. The standard InChI is InChI=1S/C13H15NO2/c1-13(16)8-11-10-5-3-2-4-9(10)6-7-14(11)12(13)15/h2-5,11,16H,6-8H2,1H3/t11-,13+/m1/s1. The fraction of sp³-hybridized carbons (Fsp3) is 0.462. The minimum absolute atomic E-state index is 0.0763. The van der Waals surface area contributed by atoms with Gasteiger partial charge in [0.05, 0.1) is 6.04 Å². The molecule has 1 aromatic rings. The first-order valence-electron chi connectivity index (χ1n) is 5.71. The minimum atomic E-state index is -1.18. The van der Waals surface area contributed by atoms with E-state index in [4.69, 9.17) is 0 Å². The molecule has 0 unspecified atom stereocenters. The molecule has 1 fully saturated rings. The van der Waals surface area contributed by atoms with E-state index >= 15 is 0 Å². The lowest BCUT2D eigenvalue weighted by Gasteiger charge is -2.31. The summed E-state index contributed by atoms with van der Waals surface area (Å²) in [5.74, 6) is -0.119. The van der Waals surface area contributed by atoms with E-state index in [1.54, 1.807) is 6.92 Å². The van der Waals surface area contributed by atoms with Crippen LogP contribution in [0, 0.1) is 0 Å². The lowest BCUT2D eigenvalue weighted by Crippen LogP contribution is -2.40. The largest absolute Gasteiger partial charge is 0.380 e. The van der Waals surface area contributed by atoms with E-state index in [1.807, 2.05) is 17.0 Å². The molecular weight excluding hydrogens is 202 g/mol. The number of amides is 1. The number of hydrogen-bond acceptors (Lipinski definition) is 2. The lowest BCUT2D eigenvalue weighted by molar-refractivity contribution is -0.142. The van der Waals surface area contributed by atoms with Crippen molar-refractivity contribution in [2.24, 2.45) is 0 Å². The maximum absolute atomic E-state index is 11.9. The predicted molar refractivity (Wildman–Crippen MR) is 59.8 cm³/mol. The molecule has 3 rings (SSSR count). The van der Waals surface area contributed by atoms with Crippen LogP contribution in [0.15, 0.2) is 24.3 Å². The Balaban J connectivity index is 2.06. The molecule has 0 aliphatic carbocycles. The van der Waals surface area contributed by atoms with E-state index in [2.05, 4.69) is 12.1 Å². The number of rotatable bonds is 0. The second-order valence-electron chi connectivity index (χ2n) is 4.94. The zero-order chi connectivity index (χ0) is 11.3. The van der Waals surface area contributed by atoms with Crippen molar-refractivity contribution >= 4 is 5.91 Å². The molecule has 2 heterocycles. The van der Waals surface area contributed by atoms with E-state index < -0.39 is 5.60 Å². The Morgan fingerprint density at radius 2 is 2.19 bits per heavy atom. The zero-order valence-corrected chi connectivity index (χ0v) is 9.31. The van der Waals surface area contributed by atoms with Crippen molar-refractivity contribution in [2.45, 2.75) is 31.4 Å². The van der Waals surface area contributed by atoms with Gasteiger partial charge in [-0.3, -0.25) is 4.79 Å². The summed E-state index contributed by atoms with van der Waals surface area (Å²) >= 11 is 0. The van der Waals surface area contributed by atoms with Gasteiger partial charge in [0.2, 0.25) is 0 Å². The Bertz CT molecular complexity index is 453. The summed E-state index contributed by atoms with van der Waals surface area (Å²) in [5, 5.41) is 10.0. The second-order valence-corrected chi connectivity index (χ2v) is 4.94. The van der Waals surface area contributed by atoms with Crippen molar-refractivity contribution in [1.82, 2.24) is 4.90 Å². The van der Waals surface area contributed by atoms with E-state index in [0.717, 1.165) is 13.0 Å². The molecule has 1 saturated heterocycles. The highest BCUT2D eigenvalue weighted by molar-refractivity contribution is 5.87. The second kappa shape index (κ2) is 3.08. The summed E-state index contributed by atoms with van der Waals surface area (Å²) in [7, 11) is 0. The zero-order valence-electron chi connectivity index (χ0n) is 9.31. The van der Waals surface area contributed by atoms with E-state index in [1.165, 1.54) is 11.1 Å². The van der Waals surface area contributed by atoms with Crippen molar-refractivity contribution in [3.63, 3.8) is 0 Å². The van der Waals surface area contributed by atoms with Crippen LogP contribution in [0.2, 0.25) is 0 Å². The molecule has 16 heavy (non-hydrogen) atoms. The molecule has 0 bridgehead atoms. The van der Waals surface area contributed by atoms with Gasteiger partial charge in [0, 0.05) is 13.0 Å². The van der Waals surface area contributed by atoms with Crippen LogP contribution in [0.5, 0.6) is 0 Å². The number of carbonyl (C=O) groups excluding carboxylic acids is 1. The first-order chi connectivity index (χ1) is 7.59. The van der Waals surface area contributed by atoms with E-state index in [-0.39, 0.29) is 11.9 Å². The van der Waals surface area contributed by atoms with Gasteiger partial charge in [0.1, 0.15) is 5.60 Å². The van der Waals surface area contributed by atoms with Crippen LogP contribution in [0.1, 0.15) is 30.5 Å². The molecule has 2 atom stereocenters. The molecule has 0 spiro atoms. The number of fused-ring (bicyclic) bond motifs is 3. The fourth-order valence-corrected chi connectivity index (χ4v) is 2.89. The fourth-order valence-electron chi connectivity index (χ4n) is 2.89. The normalized spacial score (nSPS) is 32.5.